The van der Waals surface area contributed by atoms with Crippen LogP contribution in [0, 0.1) is 5.92 Å². The molecule has 0 aliphatic rings. The number of rotatable bonds is 2. The average molecular weight is 168 g/mol. The van der Waals surface area contributed by atoms with Crippen LogP contribution in [0.2, 0.25) is 0 Å². The molecule has 0 fully saturated rings. The molecule has 0 amide bonds. The Morgan fingerprint density at radius 3 is 1.17 bits per heavy atom. The largest absolute Gasteiger partial charge is 0.396 e. The molecule has 0 saturated heterocycles. The Kier molecular flexibility index (Phi) is 7.65. The summed E-state index contributed by atoms with van der Waals surface area (Å²) < 4.78 is 0. The minimum atomic E-state index is 0.0463. The molecule has 0 atom stereocenters. The van der Waals surface area contributed by atoms with Crippen LogP contribution >= 0.6 is 0 Å². The summed E-state index contributed by atoms with van der Waals surface area (Å²) in [5, 5.41) is 16.3. The van der Waals surface area contributed by atoms with Gasteiger partial charge in [-0.15, -0.1) is 0 Å². The monoisotopic (exact) mass is 168 g/mol. The average Bonchev–Trinajstić information content (AvgIpc) is 2.20. The summed E-state index contributed by atoms with van der Waals surface area (Å²) in [7, 11) is 0. The van der Waals surface area contributed by atoms with Crippen LogP contribution in [-0.4, -0.2) is 23.4 Å². The molecule has 0 aliphatic heterocycles. The van der Waals surface area contributed by atoms with Gasteiger partial charge in [-0.2, -0.15) is 0 Å². The van der Waals surface area contributed by atoms with E-state index in [0.29, 0.717) is 0 Å². The molecule has 2 heteroatoms. The lowest BCUT2D eigenvalue weighted by atomic mass is 10.2. The van der Waals surface area contributed by atoms with Gasteiger partial charge in [0.2, 0.25) is 0 Å². The van der Waals surface area contributed by atoms with Crippen LogP contribution < -0.4 is 0 Å². The van der Waals surface area contributed by atoms with Gasteiger partial charge in [-0.05, 0) is 0 Å². The molecular weight excluding hydrogens is 152 g/mol. The van der Waals surface area contributed by atoms with Gasteiger partial charge in [0, 0.05) is 19.1 Å². The topological polar surface area (TPSA) is 40.5 Å². The summed E-state index contributed by atoms with van der Waals surface area (Å²) in [6.45, 7) is 1.94. The van der Waals surface area contributed by atoms with Crippen molar-refractivity contribution in [2.75, 3.05) is 13.2 Å². The maximum absolute atomic E-state index is 8.17. The van der Waals surface area contributed by atoms with Crippen molar-refractivity contribution >= 4 is 0 Å². The van der Waals surface area contributed by atoms with Crippen LogP contribution in [0.3, 0.4) is 0 Å². The predicted molar refractivity (Wildman–Crippen MR) is 49.8 cm³/mol. The fraction of sp³-hybridized carbons (Fsp3) is 0.400. The predicted octanol–water partition coefficient (Wildman–Crippen LogP) is 1.29. The summed E-state index contributed by atoms with van der Waals surface area (Å²) >= 11 is 0. The first-order valence-electron chi connectivity index (χ1n) is 4.03. The Balaban J connectivity index is 0.000000202. The lowest BCUT2D eigenvalue weighted by Crippen LogP contribution is -2.04. The van der Waals surface area contributed by atoms with Crippen molar-refractivity contribution in [1.82, 2.24) is 0 Å². The van der Waals surface area contributed by atoms with E-state index in [1.807, 2.05) is 36.4 Å². The lowest BCUT2D eigenvalue weighted by molar-refractivity contribution is 0.162. The third-order valence-corrected chi connectivity index (χ3v) is 1.29. The van der Waals surface area contributed by atoms with Crippen molar-refractivity contribution in [3.63, 3.8) is 0 Å². The van der Waals surface area contributed by atoms with Gasteiger partial charge in [-0.25, -0.2) is 0 Å². The minimum absolute atomic E-state index is 0.0463. The van der Waals surface area contributed by atoms with Gasteiger partial charge >= 0.3 is 0 Å². The molecule has 0 saturated carbocycles. The van der Waals surface area contributed by atoms with Gasteiger partial charge in [-0.1, -0.05) is 43.3 Å². The third-order valence-electron chi connectivity index (χ3n) is 1.29. The van der Waals surface area contributed by atoms with Gasteiger partial charge in [0.05, 0.1) is 0 Å². The molecular formula is C10H16O2. The Hall–Kier alpha value is -0.860. The highest BCUT2D eigenvalue weighted by atomic mass is 16.3. The van der Waals surface area contributed by atoms with E-state index < -0.39 is 0 Å². The van der Waals surface area contributed by atoms with E-state index in [4.69, 9.17) is 10.2 Å². The number of hydrogen-bond acceptors (Lipinski definition) is 2. The normalized spacial score (nSPS) is 9.00. The van der Waals surface area contributed by atoms with E-state index in [1.165, 1.54) is 0 Å². The quantitative estimate of drug-likeness (QED) is 0.698. The van der Waals surface area contributed by atoms with Crippen molar-refractivity contribution in [2.45, 2.75) is 6.92 Å². The van der Waals surface area contributed by atoms with Crippen LogP contribution in [0.25, 0.3) is 0 Å². The maximum atomic E-state index is 8.17. The molecule has 12 heavy (non-hydrogen) atoms. The summed E-state index contributed by atoms with van der Waals surface area (Å²) in [6.07, 6.45) is 0. The van der Waals surface area contributed by atoms with E-state index in [-0.39, 0.29) is 19.1 Å². The molecule has 1 aromatic rings. The zero-order valence-electron chi connectivity index (χ0n) is 7.35. The Bertz CT molecular complexity index is 132. The Morgan fingerprint density at radius 2 is 1.08 bits per heavy atom. The smallest absolute Gasteiger partial charge is 0.0478 e. The molecule has 2 N–H and O–H groups in total. The minimum Gasteiger partial charge on any atom is -0.396 e. The van der Waals surface area contributed by atoms with E-state index in [9.17, 15) is 0 Å². The van der Waals surface area contributed by atoms with E-state index in [1.54, 1.807) is 6.92 Å². The third kappa shape index (κ3) is 7.25. The summed E-state index contributed by atoms with van der Waals surface area (Å²) in [6, 6.07) is 12.0. The standard InChI is InChI=1S/C6H6.C4H10O2/c1-2-4-6-5-3-1;1-4(2-5)3-6/h1-6H;4-6H,2-3H2,1H3. The van der Waals surface area contributed by atoms with Crippen LogP contribution in [0.4, 0.5) is 0 Å². The fourth-order valence-corrected chi connectivity index (χ4v) is 0.443. The molecule has 0 aromatic heterocycles. The molecule has 1 rings (SSSR count). The second-order valence-electron chi connectivity index (χ2n) is 2.63. The molecule has 0 unspecified atom stereocenters. The molecule has 1 aromatic carbocycles. The first kappa shape index (κ1) is 11.1. The first-order chi connectivity index (χ1) is 5.81. The Labute approximate surface area is 73.5 Å². The van der Waals surface area contributed by atoms with Gasteiger partial charge in [0.1, 0.15) is 0 Å². The molecule has 0 aliphatic carbocycles. The van der Waals surface area contributed by atoms with Crippen molar-refractivity contribution in [2.24, 2.45) is 5.92 Å². The van der Waals surface area contributed by atoms with Gasteiger partial charge < -0.3 is 10.2 Å². The maximum Gasteiger partial charge on any atom is 0.0478 e. The first-order valence-corrected chi connectivity index (χ1v) is 4.03. The van der Waals surface area contributed by atoms with Crippen molar-refractivity contribution < 1.29 is 10.2 Å². The number of aliphatic hydroxyl groups is 2. The van der Waals surface area contributed by atoms with Crippen molar-refractivity contribution in [3.8, 4) is 0 Å². The highest BCUT2D eigenvalue weighted by Gasteiger charge is 1.91. The van der Waals surface area contributed by atoms with Crippen LogP contribution in [0.15, 0.2) is 36.4 Å². The highest BCUT2D eigenvalue weighted by molar-refractivity contribution is 4.99. The van der Waals surface area contributed by atoms with Gasteiger partial charge in [-0.3, -0.25) is 0 Å². The van der Waals surface area contributed by atoms with Crippen molar-refractivity contribution in [1.29, 1.82) is 0 Å². The summed E-state index contributed by atoms with van der Waals surface area (Å²) in [5.74, 6) is 0.0463. The van der Waals surface area contributed by atoms with Crippen LogP contribution in [0.5, 0.6) is 0 Å². The van der Waals surface area contributed by atoms with Gasteiger partial charge in [0.25, 0.3) is 0 Å². The highest BCUT2D eigenvalue weighted by Crippen LogP contribution is 1.85. The summed E-state index contributed by atoms with van der Waals surface area (Å²) in [5.41, 5.74) is 0. The Morgan fingerprint density at radius 1 is 0.833 bits per heavy atom. The van der Waals surface area contributed by atoms with E-state index in [2.05, 4.69) is 0 Å². The zero-order chi connectivity index (χ0) is 9.23. The van der Waals surface area contributed by atoms with Crippen LogP contribution in [0.1, 0.15) is 6.92 Å². The molecule has 0 heterocycles. The number of hydrogen-bond donors (Lipinski definition) is 2. The number of aliphatic hydroxyl groups excluding tert-OH is 2. The second-order valence-corrected chi connectivity index (χ2v) is 2.63. The zero-order valence-corrected chi connectivity index (χ0v) is 7.35. The summed E-state index contributed by atoms with van der Waals surface area (Å²) in [4.78, 5) is 0. The van der Waals surface area contributed by atoms with E-state index in [0.717, 1.165) is 0 Å². The molecule has 0 radical (unpaired) electrons. The SMILES string of the molecule is CC(CO)CO.c1ccccc1. The van der Waals surface area contributed by atoms with Crippen LogP contribution in [-0.2, 0) is 0 Å². The fourth-order valence-electron chi connectivity index (χ4n) is 0.443. The van der Waals surface area contributed by atoms with Gasteiger partial charge in [0.15, 0.2) is 0 Å². The molecule has 0 spiro atoms. The second kappa shape index (κ2) is 8.24. The van der Waals surface area contributed by atoms with Crippen molar-refractivity contribution in [3.05, 3.63) is 36.4 Å². The van der Waals surface area contributed by atoms with E-state index >= 15 is 0 Å². The molecule has 0 bridgehead atoms. The lowest BCUT2D eigenvalue weighted by Gasteiger charge is -1.97. The molecule has 68 valence electrons. The number of benzene rings is 1. The molecule has 2 nitrogen and oxygen atoms in total.